The van der Waals surface area contributed by atoms with E-state index < -0.39 is 6.09 Å². The lowest BCUT2D eigenvalue weighted by Crippen LogP contribution is -2.32. The first kappa shape index (κ1) is 17.9. The number of aliphatic hydroxyl groups is 1. The number of hydrogen-bond acceptors (Lipinski definition) is 4. The predicted molar refractivity (Wildman–Crippen MR) is 94.7 cm³/mol. The van der Waals surface area contributed by atoms with Crippen LogP contribution >= 0.6 is 23.4 Å². The topological polar surface area (TPSA) is 49.8 Å². The van der Waals surface area contributed by atoms with Crippen molar-refractivity contribution in [1.29, 1.82) is 0 Å². The zero-order valence-electron chi connectivity index (χ0n) is 13.2. The van der Waals surface area contributed by atoms with Crippen molar-refractivity contribution in [3.8, 4) is 0 Å². The number of aliphatic hydroxyl groups excluding tert-OH is 1. The number of ether oxygens (including phenoxy) is 1. The van der Waals surface area contributed by atoms with Gasteiger partial charge in [0.1, 0.15) is 0 Å². The standard InChI is InChI=1S/C17H20ClNO3S/c1-12-9-13(15-5-3-4-6-16(15)18)10-14(11-23-8-7-20)19(12)17(21)22-2/h3-6,9-10,13,20H,7-8,11H2,1-2H3. The summed E-state index contributed by atoms with van der Waals surface area (Å²) in [6.45, 7) is 1.99. The highest BCUT2D eigenvalue weighted by Gasteiger charge is 2.26. The van der Waals surface area contributed by atoms with Gasteiger partial charge in [0.05, 0.1) is 13.7 Å². The molecular formula is C17H20ClNO3S. The SMILES string of the molecule is COC(=O)N1C(C)=CC(c2ccccc2Cl)C=C1CSCCO. The summed E-state index contributed by atoms with van der Waals surface area (Å²) < 4.78 is 4.88. The lowest BCUT2D eigenvalue weighted by Gasteiger charge is -2.30. The smallest absolute Gasteiger partial charge is 0.418 e. The number of rotatable bonds is 5. The number of allylic oxidation sites excluding steroid dienone is 3. The molecule has 0 spiro atoms. The second-order valence-electron chi connectivity index (χ2n) is 5.09. The summed E-state index contributed by atoms with van der Waals surface area (Å²) in [6.07, 6.45) is 3.61. The molecule has 2 rings (SSSR count). The molecule has 1 aromatic carbocycles. The fraction of sp³-hybridized carbons (Fsp3) is 0.353. The van der Waals surface area contributed by atoms with Crippen molar-refractivity contribution in [3.05, 3.63) is 58.4 Å². The minimum Gasteiger partial charge on any atom is -0.452 e. The van der Waals surface area contributed by atoms with E-state index in [-0.39, 0.29) is 12.5 Å². The summed E-state index contributed by atoms with van der Waals surface area (Å²) >= 11 is 7.87. The van der Waals surface area contributed by atoms with Gasteiger partial charge in [0.2, 0.25) is 0 Å². The fourth-order valence-electron chi connectivity index (χ4n) is 2.52. The van der Waals surface area contributed by atoms with Crippen LogP contribution in [0.4, 0.5) is 4.79 Å². The molecule has 1 amide bonds. The van der Waals surface area contributed by atoms with E-state index in [1.165, 1.54) is 7.11 Å². The molecule has 1 heterocycles. The summed E-state index contributed by atoms with van der Waals surface area (Å²) in [5.74, 6) is 1.24. The van der Waals surface area contributed by atoms with Crippen molar-refractivity contribution >= 4 is 29.5 Å². The molecule has 0 saturated heterocycles. The van der Waals surface area contributed by atoms with Crippen LogP contribution in [-0.4, -0.2) is 41.3 Å². The van der Waals surface area contributed by atoms with Crippen LogP contribution in [0, 0.1) is 0 Å². The first-order valence-corrected chi connectivity index (χ1v) is 8.82. The van der Waals surface area contributed by atoms with E-state index in [0.717, 1.165) is 17.0 Å². The maximum Gasteiger partial charge on any atom is 0.418 e. The predicted octanol–water partition coefficient (Wildman–Crippen LogP) is 4.02. The molecule has 0 aliphatic carbocycles. The summed E-state index contributed by atoms with van der Waals surface area (Å²) in [6, 6.07) is 7.69. The fourth-order valence-corrected chi connectivity index (χ4v) is 3.49. The zero-order valence-corrected chi connectivity index (χ0v) is 14.7. The van der Waals surface area contributed by atoms with Gasteiger partial charge in [0.15, 0.2) is 0 Å². The quantitative estimate of drug-likeness (QED) is 0.812. The normalized spacial score (nSPS) is 17.6. The Kier molecular flexibility index (Phi) is 6.57. The van der Waals surface area contributed by atoms with Gasteiger partial charge in [-0.3, -0.25) is 4.90 Å². The molecule has 0 fully saturated rings. The molecule has 23 heavy (non-hydrogen) atoms. The largest absolute Gasteiger partial charge is 0.452 e. The number of hydrogen-bond donors (Lipinski definition) is 1. The lowest BCUT2D eigenvalue weighted by atomic mass is 9.94. The van der Waals surface area contributed by atoms with Crippen molar-refractivity contribution in [2.75, 3.05) is 25.2 Å². The van der Waals surface area contributed by atoms with E-state index in [0.29, 0.717) is 16.5 Å². The number of carbonyl (C=O) groups is 1. The van der Waals surface area contributed by atoms with Crippen LogP contribution in [0.25, 0.3) is 0 Å². The van der Waals surface area contributed by atoms with Crippen molar-refractivity contribution < 1.29 is 14.6 Å². The van der Waals surface area contributed by atoms with Crippen LogP contribution in [0.1, 0.15) is 18.4 Å². The molecule has 0 radical (unpaired) electrons. The molecule has 6 heteroatoms. The summed E-state index contributed by atoms with van der Waals surface area (Å²) in [5.41, 5.74) is 2.66. The van der Waals surface area contributed by atoms with Crippen LogP contribution in [0.2, 0.25) is 5.02 Å². The molecule has 124 valence electrons. The van der Waals surface area contributed by atoms with Crippen molar-refractivity contribution in [2.24, 2.45) is 0 Å². The van der Waals surface area contributed by atoms with Gasteiger partial charge >= 0.3 is 6.09 Å². The number of thioether (sulfide) groups is 1. The molecule has 4 nitrogen and oxygen atoms in total. The van der Waals surface area contributed by atoms with Crippen LogP contribution < -0.4 is 0 Å². The molecule has 0 aromatic heterocycles. The van der Waals surface area contributed by atoms with Gasteiger partial charge in [-0.05, 0) is 18.6 Å². The van der Waals surface area contributed by atoms with E-state index >= 15 is 0 Å². The van der Waals surface area contributed by atoms with Gasteiger partial charge in [-0.15, -0.1) is 0 Å². The third-order valence-electron chi connectivity index (χ3n) is 3.54. The Balaban J connectivity index is 2.33. The maximum absolute atomic E-state index is 12.1. The van der Waals surface area contributed by atoms with Crippen LogP contribution in [0.15, 0.2) is 47.8 Å². The van der Waals surface area contributed by atoms with E-state index in [2.05, 4.69) is 0 Å². The van der Waals surface area contributed by atoms with Crippen molar-refractivity contribution in [1.82, 2.24) is 4.90 Å². The Morgan fingerprint density at radius 1 is 1.39 bits per heavy atom. The van der Waals surface area contributed by atoms with Crippen LogP contribution in [-0.2, 0) is 4.74 Å². The Labute approximate surface area is 145 Å². The molecule has 1 atom stereocenters. The van der Waals surface area contributed by atoms with Gasteiger partial charge < -0.3 is 9.84 Å². The number of amides is 1. The molecule has 1 N–H and O–H groups in total. The summed E-state index contributed by atoms with van der Waals surface area (Å²) in [7, 11) is 1.37. The first-order valence-electron chi connectivity index (χ1n) is 7.28. The average Bonchev–Trinajstić information content (AvgIpc) is 2.54. The minimum atomic E-state index is -0.410. The molecule has 1 aliphatic heterocycles. The number of halogens is 1. The van der Waals surface area contributed by atoms with Gasteiger partial charge in [0, 0.05) is 33.8 Å². The van der Waals surface area contributed by atoms with Gasteiger partial charge in [0.25, 0.3) is 0 Å². The molecular weight excluding hydrogens is 334 g/mol. The van der Waals surface area contributed by atoms with Gasteiger partial charge in [-0.2, -0.15) is 11.8 Å². The molecule has 1 unspecified atom stereocenters. The molecule has 1 aromatic rings. The van der Waals surface area contributed by atoms with Crippen molar-refractivity contribution in [3.63, 3.8) is 0 Å². The second kappa shape index (κ2) is 8.43. The second-order valence-corrected chi connectivity index (χ2v) is 6.61. The molecule has 1 aliphatic rings. The monoisotopic (exact) mass is 353 g/mol. The number of carbonyl (C=O) groups excluding carboxylic acids is 1. The summed E-state index contributed by atoms with van der Waals surface area (Å²) in [5, 5.41) is 9.66. The summed E-state index contributed by atoms with van der Waals surface area (Å²) in [4.78, 5) is 13.6. The van der Waals surface area contributed by atoms with Crippen molar-refractivity contribution in [2.45, 2.75) is 12.8 Å². The maximum atomic E-state index is 12.1. The van der Waals surface area contributed by atoms with Crippen LogP contribution in [0.5, 0.6) is 0 Å². The highest BCUT2D eigenvalue weighted by molar-refractivity contribution is 7.99. The average molecular weight is 354 g/mol. The lowest BCUT2D eigenvalue weighted by molar-refractivity contribution is 0.145. The van der Waals surface area contributed by atoms with E-state index in [9.17, 15) is 4.79 Å². The van der Waals surface area contributed by atoms with E-state index in [1.54, 1.807) is 16.7 Å². The zero-order chi connectivity index (χ0) is 16.8. The third kappa shape index (κ3) is 4.31. The van der Waals surface area contributed by atoms with Crippen LogP contribution in [0.3, 0.4) is 0 Å². The van der Waals surface area contributed by atoms with Gasteiger partial charge in [-0.1, -0.05) is 42.0 Å². The molecule has 0 saturated carbocycles. The van der Waals surface area contributed by atoms with Gasteiger partial charge in [-0.25, -0.2) is 4.79 Å². The Morgan fingerprint density at radius 2 is 2.13 bits per heavy atom. The number of nitrogens with zero attached hydrogens (tertiary/aromatic N) is 1. The Bertz CT molecular complexity index is 630. The highest BCUT2D eigenvalue weighted by atomic mass is 35.5. The third-order valence-corrected chi connectivity index (χ3v) is 4.86. The Morgan fingerprint density at radius 3 is 2.78 bits per heavy atom. The van der Waals surface area contributed by atoms with E-state index in [1.807, 2.05) is 43.3 Å². The highest BCUT2D eigenvalue weighted by Crippen LogP contribution is 2.34. The molecule has 0 bridgehead atoms. The Hall–Kier alpha value is -1.43. The van der Waals surface area contributed by atoms with E-state index in [4.69, 9.17) is 21.4 Å². The minimum absolute atomic E-state index is 0.00864. The number of benzene rings is 1. The number of methoxy groups -OCH3 is 1. The first-order chi connectivity index (χ1) is 11.1.